The standard InChI is InChI=1S/C16H24F3N/c1-4-6-10-15(5-2)20-12(3)13-8-7-9-14(11-13)16(17,18)19/h7-9,11-12,15,20H,4-6,10H2,1-3H3. The Kier molecular flexibility index (Phi) is 6.53. The molecule has 0 aliphatic carbocycles. The highest BCUT2D eigenvalue weighted by Gasteiger charge is 2.30. The average molecular weight is 287 g/mol. The zero-order valence-corrected chi connectivity index (χ0v) is 12.4. The molecule has 114 valence electrons. The van der Waals surface area contributed by atoms with Crippen LogP contribution in [0.2, 0.25) is 0 Å². The molecule has 1 aromatic carbocycles. The van der Waals surface area contributed by atoms with Crippen molar-refractivity contribution in [2.24, 2.45) is 0 Å². The fraction of sp³-hybridized carbons (Fsp3) is 0.625. The Morgan fingerprint density at radius 1 is 1.20 bits per heavy atom. The number of alkyl halides is 3. The monoisotopic (exact) mass is 287 g/mol. The first-order valence-corrected chi connectivity index (χ1v) is 7.31. The highest BCUT2D eigenvalue weighted by Crippen LogP contribution is 2.30. The SMILES string of the molecule is CCCCC(CC)NC(C)c1cccc(C(F)(F)F)c1. The number of unbranched alkanes of at least 4 members (excludes halogenated alkanes) is 1. The summed E-state index contributed by atoms with van der Waals surface area (Å²) in [4.78, 5) is 0. The average Bonchev–Trinajstić information content (AvgIpc) is 2.42. The van der Waals surface area contributed by atoms with E-state index in [1.807, 2.05) is 6.92 Å². The smallest absolute Gasteiger partial charge is 0.307 e. The Morgan fingerprint density at radius 3 is 2.45 bits per heavy atom. The lowest BCUT2D eigenvalue weighted by molar-refractivity contribution is -0.137. The van der Waals surface area contributed by atoms with E-state index in [0.29, 0.717) is 11.6 Å². The van der Waals surface area contributed by atoms with Gasteiger partial charge >= 0.3 is 6.18 Å². The van der Waals surface area contributed by atoms with Gasteiger partial charge in [0.1, 0.15) is 0 Å². The van der Waals surface area contributed by atoms with E-state index >= 15 is 0 Å². The second-order valence-electron chi connectivity index (χ2n) is 5.26. The van der Waals surface area contributed by atoms with E-state index in [9.17, 15) is 13.2 Å². The van der Waals surface area contributed by atoms with E-state index in [0.717, 1.165) is 31.7 Å². The Labute approximate surface area is 119 Å². The van der Waals surface area contributed by atoms with Gasteiger partial charge in [-0.1, -0.05) is 38.8 Å². The van der Waals surface area contributed by atoms with E-state index in [1.54, 1.807) is 6.07 Å². The van der Waals surface area contributed by atoms with Gasteiger partial charge in [-0.2, -0.15) is 13.2 Å². The molecule has 0 spiro atoms. The van der Waals surface area contributed by atoms with Gasteiger partial charge in [0, 0.05) is 12.1 Å². The van der Waals surface area contributed by atoms with Crippen molar-refractivity contribution in [2.45, 2.75) is 64.7 Å². The first-order valence-electron chi connectivity index (χ1n) is 7.31. The van der Waals surface area contributed by atoms with Crippen molar-refractivity contribution in [3.05, 3.63) is 35.4 Å². The first-order chi connectivity index (χ1) is 9.38. The molecular formula is C16H24F3N. The molecule has 2 unspecified atom stereocenters. The van der Waals surface area contributed by atoms with Crippen molar-refractivity contribution >= 4 is 0 Å². The third kappa shape index (κ3) is 5.16. The molecule has 2 atom stereocenters. The molecule has 0 heterocycles. The van der Waals surface area contributed by atoms with Gasteiger partial charge in [0.15, 0.2) is 0 Å². The number of hydrogen-bond donors (Lipinski definition) is 1. The summed E-state index contributed by atoms with van der Waals surface area (Å²) in [5.74, 6) is 0. The fourth-order valence-electron chi connectivity index (χ4n) is 2.29. The minimum Gasteiger partial charge on any atom is -0.307 e. The van der Waals surface area contributed by atoms with Crippen LogP contribution in [0.3, 0.4) is 0 Å². The van der Waals surface area contributed by atoms with Gasteiger partial charge in [-0.05, 0) is 37.5 Å². The van der Waals surface area contributed by atoms with Gasteiger partial charge in [0.2, 0.25) is 0 Å². The maximum absolute atomic E-state index is 12.7. The summed E-state index contributed by atoms with van der Waals surface area (Å²) < 4.78 is 38.1. The second kappa shape index (κ2) is 7.67. The lowest BCUT2D eigenvalue weighted by atomic mass is 10.0. The fourth-order valence-corrected chi connectivity index (χ4v) is 2.29. The van der Waals surface area contributed by atoms with Gasteiger partial charge in [-0.3, -0.25) is 0 Å². The van der Waals surface area contributed by atoms with Crippen LogP contribution in [-0.2, 0) is 6.18 Å². The van der Waals surface area contributed by atoms with Crippen LogP contribution in [-0.4, -0.2) is 6.04 Å². The summed E-state index contributed by atoms with van der Waals surface area (Å²) in [7, 11) is 0. The molecule has 0 fully saturated rings. The number of halogens is 3. The summed E-state index contributed by atoms with van der Waals surface area (Å²) >= 11 is 0. The second-order valence-corrected chi connectivity index (χ2v) is 5.26. The van der Waals surface area contributed by atoms with Gasteiger partial charge in [0.25, 0.3) is 0 Å². The van der Waals surface area contributed by atoms with Crippen molar-refractivity contribution in [1.29, 1.82) is 0 Å². The van der Waals surface area contributed by atoms with Gasteiger partial charge in [-0.25, -0.2) is 0 Å². The maximum Gasteiger partial charge on any atom is 0.416 e. The molecule has 0 aliphatic rings. The van der Waals surface area contributed by atoms with Crippen LogP contribution < -0.4 is 5.32 Å². The number of hydrogen-bond acceptors (Lipinski definition) is 1. The molecule has 0 radical (unpaired) electrons. The Hall–Kier alpha value is -1.03. The summed E-state index contributed by atoms with van der Waals surface area (Å²) in [6.07, 6.45) is 0.0542. The molecule has 0 aromatic heterocycles. The molecule has 0 amide bonds. The van der Waals surface area contributed by atoms with Crippen LogP contribution in [0, 0.1) is 0 Å². The number of benzene rings is 1. The minimum atomic E-state index is -4.28. The molecule has 1 aromatic rings. The maximum atomic E-state index is 12.7. The molecule has 1 N–H and O–H groups in total. The number of nitrogens with one attached hydrogen (secondary N) is 1. The van der Waals surface area contributed by atoms with Crippen LogP contribution in [0.4, 0.5) is 13.2 Å². The van der Waals surface area contributed by atoms with Crippen LogP contribution in [0.15, 0.2) is 24.3 Å². The van der Waals surface area contributed by atoms with Crippen molar-refractivity contribution < 1.29 is 13.2 Å². The van der Waals surface area contributed by atoms with Crippen LogP contribution >= 0.6 is 0 Å². The van der Waals surface area contributed by atoms with E-state index in [-0.39, 0.29) is 6.04 Å². The van der Waals surface area contributed by atoms with Crippen LogP contribution in [0.25, 0.3) is 0 Å². The minimum absolute atomic E-state index is 0.0703. The Balaban J connectivity index is 2.73. The zero-order chi connectivity index (χ0) is 15.2. The molecule has 0 bridgehead atoms. The summed E-state index contributed by atoms with van der Waals surface area (Å²) in [6.45, 7) is 6.17. The van der Waals surface area contributed by atoms with E-state index in [4.69, 9.17) is 0 Å². The van der Waals surface area contributed by atoms with E-state index < -0.39 is 11.7 Å². The first kappa shape index (κ1) is 17.0. The third-order valence-electron chi connectivity index (χ3n) is 3.60. The highest BCUT2D eigenvalue weighted by atomic mass is 19.4. The largest absolute Gasteiger partial charge is 0.416 e. The molecule has 0 saturated heterocycles. The molecule has 4 heteroatoms. The molecule has 0 aliphatic heterocycles. The van der Waals surface area contributed by atoms with Gasteiger partial charge < -0.3 is 5.32 Å². The molecule has 1 rings (SSSR count). The Morgan fingerprint density at radius 2 is 1.90 bits per heavy atom. The number of rotatable bonds is 7. The summed E-state index contributed by atoms with van der Waals surface area (Å²) in [5, 5.41) is 3.43. The van der Waals surface area contributed by atoms with Crippen molar-refractivity contribution in [1.82, 2.24) is 5.32 Å². The van der Waals surface area contributed by atoms with E-state index in [2.05, 4.69) is 19.2 Å². The third-order valence-corrected chi connectivity index (χ3v) is 3.60. The van der Waals surface area contributed by atoms with Gasteiger partial charge in [0.05, 0.1) is 5.56 Å². The van der Waals surface area contributed by atoms with E-state index in [1.165, 1.54) is 12.1 Å². The predicted molar refractivity (Wildman–Crippen MR) is 76.6 cm³/mol. The van der Waals surface area contributed by atoms with Crippen molar-refractivity contribution in [3.63, 3.8) is 0 Å². The molecular weight excluding hydrogens is 263 g/mol. The highest BCUT2D eigenvalue weighted by molar-refractivity contribution is 5.27. The molecule has 1 nitrogen and oxygen atoms in total. The Bertz CT molecular complexity index is 401. The van der Waals surface area contributed by atoms with Crippen LogP contribution in [0.1, 0.15) is 63.6 Å². The van der Waals surface area contributed by atoms with Gasteiger partial charge in [-0.15, -0.1) is 0 Å². The normalized spacial score (nSPS) is 15.1. The quantitative estimate of drug-likeness (QED) is 0.715. The predicted octanol–water partition coefficient (Wildman–Crippen LogP) is 5.32. The molecule has 0 saturated carbocycles. The topological polar surface area (TPSA) is 12.0 Å². The summed E-state index contributed by atoms with van der Waals surface area (Å²) in [6, 6.07) is 5.87. The van der Waals surface area contributed by atoms with Crippen molar-refractivity contribution in [3.8, 4) is 0 Å². The van der Waals surface area contributed by atoms with Crippen LogP contribution in [0.5, 0.6) is 0 Å². The zero-order valence-electron chi connectivity index (χ0n) is 12.4. The summed E-state index contributed by atoms with van der Waals surface area (Å²) in [5.41, 5.74) is 0.111. The molecule has 20 heavy (non-hydrogen) atoms. The lowest BCUT2D eigenvalue weighted by Crippen LogP contribution is -2.31. The van der Waals surface area contributed by atoms with Crippen molar-refractivity contribution in [2.75, 3.05) is 0 Å². The lowest BCUT2D eigenvalue weighted by Gasteiger charge is -2.23.